The zero-order valence-electron chi connectivity index (χ0n) is 19.2. The van der Waals surface area contributed by atoms with Crippen LogP contribution in [0.25, 0.3) is 0 Å². The lowest BCUT2D eigenvalue weighted by Crippen LogP contribution is -2.29. The van der Waals surface area contributed by atoms with E-state index in [1.807, 2.05) is 0 Å². The molecule has 30 heavy (non-hydrogen) atoms. The number of allylic oxidation sites excluding steroid dienone is 12. The van der Waals surface area contributed by atoms with Crippen molar-refractivity contribution in [2.75, 3.05) is 0 Å². The molecule has 1 nitrogen and oxygen atoms in total. The normalized spacial score (nSPS) is 32.5. The van der Waals surface area contributed by atoms with Gasteiger partial charge in [-0.1, -0.05) is 86.8 Å². The smallest absolute Gasteiger partial charge is 0.139 e. The fourth-order valence-electron chi connectivity index (χ4n) is 4.39. The van der Waals surface area contributed by atoms with Crippen LogP contribution < -0.4 is 0 Å². The van der Waals surface area contributed by atoms with Crippen molar-refractivity contribution < 1.29 is 4.79 Å². The van der Waals surface area contributed by atoms with Gasteiger partial charge in [0.2, 0.25) is 0 Å². The second-order valence-electron chi connectivity index (χ2n) is 8.83. The molecule has 0 aliphatic heterocycles. The Morgan fingerprint density at radius 1 is 0.567 bits per heavy atom. The highest BCUT2D eigenvalue weighted by atomic mass is 16.1. The van der Waals surface area contributed by atoms with E-state index in [4.69, 9.17) is 0 Å². The molecule has 164 valence electrons. The minimum Gasteiger partial charge on any atom is -0.299 e. The van der Waals surface area contributed by atoms with Gasteiger partial charge in [-0.2, -0.15) is 0 Å². The SMILES string of the molecule is CC(C(=O)C(C)C1/C=C\C/C=C\CC/C=C\CC1)C1/C=C\C/C=C\CC/C=C\CC1. The summed E-state index contributed by atoms with van der Waals surface area (Å²) >= 11 is 0. The Balaban J connectivity index is 2.05. The molecule has 0 saturated heterocycles. The predicted octanol–water partition coefficient (Wildman–Crippen LogP) is 8.33. The summed E-state index contributed by atoms with van der Waals surface area (Å²) in [5, 5.41) is 0. The van der Waals surface area contributed by atoms with Crippen LogP contribution >= 0.6 is 0 Å². The highest BCUT2D eigenvalue weighted by Gasteiger charge is 2.29. The molecule has 0 radical (unpaired) electrons. The molecule has 2 aliphatic rings. The van der Waals surface area contributed by atoms with Gasteiger partial charge in [0.25, 0.3) is 0 Å². The Hall–Kier alpha value is -1.89. The molecule has 0 amide bonds. The fraction of sp³-hybridized carbons (Fsp3) is 0.552. The molecule has 0 N–H and O–H groups in total. The summed E-state index contributed by atoms with van der Waals surface area (Å²) in [5.74, 6) is 1.23. The Kier molecular flexibility index (Phi) is 12.2. The number of rotatable bonds is 4. The number of carbonyl (C=O) groups excluding carboxylic acids is 1. The first-order valence-corrected chi connectivity index (χ1v) is 12.2. The number of hydrogen-bond donors (Lipinski definition) is 0. The Morgan fingerprint density at radius 2 is 0.933 bits per heavy atom. The minimum atomic E-state index is 0.0711. The number of Topliss-reactive ketones (excluding diaryl/α,β-unsaturated/α-hetero) is 1. The van der Waals surface area contributed by atoms with E-state index in [0.717, 1.165) is 64.2 Å². The summed E-state index contributed by atoms with van der Waals surface area (Å²) in [4.78, 5) is 13.5. The predicted molar refractivity (Wildman–Crippen MR) is 131 cm³/mol. The van der Waals surface area contributed by atoms with Gasteiger partial charge in [-0.15, -0.1) is 0 Å². The summed E-state index contributed by atoms with van der Waals surface area (Å²) in [6.45, 7) is 4.31. The van der Waals surface area contributed by atoms with E-state index in [-0.39, 0.29) is 11.8 Å². The van der Waals surface area contributed by atoms with Crippen LogP contribution in [0.1, 0.15) is 78.1 Å². The molecular weight excluding hydrogens is 364 g/mol. The molecule has 0 aromatic rings. The van der Waals surface area contributed by atoms with Crippen molar-refractivity contribution in [2.45, 2.75) is 78.1 Å². The first-order valence-electron chi connectivity index (χ1n) is 12.2. The lowest BCUT2D eigenvalue weighted by atomic mass is 9.76. The van der Waals surface area contributed by atoms with Crippen molar-refractivity contribution >= 4 is 5.78 Å². The number of carbonyl (C=O) groups is 1. The van der Waals surface area contributed by atoms with Gasteiger partial charge in [0.15, 0.2) is 0 Å². The first-order chi connectivity index (χ1) is 14.7. The van der Waals surface area contributed by atoms with Crippen LogP contribution in [0.15, 0.2) is 72.9 Å². The van der Waals surface area contributed by atoms with Crippen LogP contribution in [0, 0.1) is 23.7 Å². The van der Waals surface area contributed by atoms with Crippen LogP contribution in [0.5, 0.6) is 0 Å². The molecule has 4 unspecified atom stereocenters. The van der Waals surface area contributed by atoms with Crippen molar-refractivity contribution in [1.82, 2.24) is 0 Å². The lowest BCUT2D eigenvalue weighted by molar-refractivity contribution is -0.128. The standard InChI is InChI=1S/C29H42O/c1-25(27-21-17-13-9-5-3-6-10-14-18-22-27)29(30)26(2)28-23-19-15-11-7-4-8-12-16-20-24-28/h5,7,9-12,14,16-17,19,21,23,25-28H,3-4,6,8,13,15,18,20,22,24H2,1-2H3/b9-5-,11-7-,14-10-,16-12-,21-17-,23-19-. The number of ketones is 1. The van der Waals surface area contributed by atoms with E-state index in [9.17, 15) is 4.79 Å². The van der Waals surface area contributed by atoms with Crippen LogP contribution in [-0.4, -0.2) is 5.78 Å². The van der Waals surface area contributed by atoms with Gasteiger partial charge in [0.1, 0.15) is 5.78 Å². The Bertz CT molecular complexity index is 602. The maximum Gasteiger partial charge on any atom is 0.139 e. The molecule has 0 saturated carbocycles. The van der Waals surface area contributed by atoms with Crippen LogP contribution in [0.2, 0.25) is 0 Å². The fourth-order valence-corrected chi connectivity index (χ4v) is 4.39. The summed E-state index contributed by atoms with van der Waals surface area (Å²) < 4.78 is 0. The summed E-state index contributed by atoms with van der Waals surface area (Å²) in [7, 11) is 0. The Labute approximate surface area is 185 Å². The van der Waals surface area contributed by atoms with Crippen molar-refractivity contribution in [3.05, 3.63) is 72.9 Å². The van der Waals surface area contributed by atoms with Gasteiger partial charge in [-0.25, -0.2) is 0 Å². The average Bonchev–Trinajstić information content (AvgIpc) is 2.73. The highest BCUT2D eigenvalue weighted by Crippen LogP contribution is 2.29. The van der Waals surface area contributed by atoms with Gasteiger partial charge < -0.3 is 0 Å². The molecule has 0 aromatic heterocycles. The van der Waals surface area contributed by atoms with Gasteiger partial charge in [-0.05, 0) is 76.0 Å². The molecule has 0 fully saturated rings. The zero-order valence-corrected chi connectivity index (χ0v) is 19.2. The van der Waals surface area contributed by atoms with Gasteiger partial charge >= 0.3 is 0 Å². The minimum absolute atomic E-state index is 0.0711. The van der Waals surface area contributed by atoms with Crippen molar-refractivity contribution in [1.29, 1.82) is 0 Å². The second kappa shape index (κ2) is 15.0. The molecule has 4 atom stereocenters. The van der Waals surface area contributed by atoms with Gasteiger partial charge in [0, 0.05) is 11.8 Å². The lowest BCUT2D eigenvalue weighted by Gasteiger charge is -2.26. The van der Waals surface area contributed by atoms with E-state index >= 15 is 0 Å². The van der Waals surface area contributed by atoms with E-state index in [2.05, 4.69) is 86.8 Å². The largest absolute Gasteiger partial charge is 0.299 e. The summed E-state index contributed by atoms with van der Waals surface area (Å²) in [5.41, 5.74) is 0. The molecule has 0 spiro atoms. The van der Waals surface area contributed by atoms with Crippen molar-refractivity contribution in [2.24, 2.45) is 23.7 Å². The van der Waals surface area contributed by atoms with E-state index < -0.39 is 0 Å². The van der Waals surface area contributed by atoms with Gasteiger partial charge in [0.05, 0.1) is 0 Å². The summed E-state index contributed by atoms with van der Waals surface area (Å²) in [6, 6.07) is 0. The summed E-state index contributed by atoms with van der Waals surface area (Å²) in [6.07, 6.45) is 38.0. The highest BCUT2D eigenvalue weighted by molar-refractivity contribution is 5.83. The topological polar surface area (TPSA) is 17.1 Å². The molecule has 2 aliphatic carbocycles. The van der Waals surface area contributed by atoms with Gasteiger partial charge in [-0.3, -0.25) is 4.79 Å². The quantitative estimate of drug-likeness (QED) is 0.429. The third kappa shape index (κ3) is 9.28. The third-order valence-corrected chi connectivity index (χ3v) is 6.49. The maximum absolute atomic E-state index is 13.5. The van der Waals surface area contributed by atoms with E-state index in [0.29, 0.717) is 17.6 Å². The molecule has 1 heteroatoms. The van der Waals surface area contributed by atoms with Crippen LogP contribution in [-0.2, 0) is 4.79 Å². The van der Waals surface area contributed by atoms with Crippen LogP contribution in [0.3, 0.4) is 0 Å². The van der Waals surface area contributed by atoms with Crippen molar-refractivity contribution in [3.8, 4) is 0 Å². The van der Waals surface area contributed by atoms with Crippen molar-refractivity contribution in [3.63, 3.8) is 0 Å². The maximum atomic E-state index is 13.5. The molecule has 0 heterocycles. The third-order valence-electron chi connectivity index (χ3n) is 6.49. The second-order valence-corrected chi connectivity index (χ2v) is 8.83. The zero-order chi connectivity index (χ0) is 21.4. The molecule has 0 aromatic carbocycles. The van der Waals surface area contributed by atoms with E-state index in [1.165, 1.54) is 0 Å². The first kappa shape index (κ1) is 24.4. The number of hydrogen-bond acceptors (Lipinski definition) is 1. The monoisotopic (exact) mass is 406 g/mol. The molecule has 2 rings (SSSR count). The Morgan fingerprint density at radius 3 is 1.37 bits per heavy atom. The molecule has 0 bridgehead atoms. The average molecular weight is 407 g/mol. The van der Waals surface area contributed by atoms with Crippen LogP contribution in [0.4, 0.5) is 0 Å². The molecular formula is C29H42O. The van der Waals surface area contributed by atoms with E-state index in [1.54, 1.807) is 0 Å².